The molecular formula is C10H10N4O2S. The molecule has 0 spiro atoms. The average Bonchev–Trinajstić information content (AvgIpc) is 2.85. The van der Waals surface area contributed by atoms with Crippen LogP contribution in [0.1, 0.15) is 39.9 Å². The molecule has 88 valence electrons. The highest BCUT2D eigenvalue weighted by Crippen LogP contribution is 2.41. The Morgan fingerprint density at radius 1 is 1.59 bits per heavy atom. The van der Waals surface area contributed by atoms with Crippen LogP contribution >= 0.6 is 11.3 Å². The minimum Gasteiger partial charge on any atom is -0.476 e. The summed E-state index contributed by atoms with van der Waals surface area (Å²) in [6, 6.07) is 0. The van der Waals surface area contributed by atoms with Gasteiger partial charge in [0, 0.05) is 17.5 Å². The van der Waals surface area contributed by atoms with Crippen molar-refractivity contribution in [2.45, 2.75) is 25.3 Å². The van der Waals surface area contributed by atoms with Crippen LogP contribution in [0.25, 0.3) is 0 Å². The fraction of sp³-hybridized carbons (Fsp3) is 0.400. The average molecular weight is 250 g/mol. The van der Waals surface area contributed by atoms with Gasteiger partial charge in [-0.25, -0.2) is 14.5 Å². The Kier molecular flexibility index (Phi) is 2.40. The highest BCUT2D eigenvalue weighted by molar-refractivity contribution is 7.09. The smallest absolute Gasteiger partial charge is 0.358 e. The Hall–Kier alpha value is -1.76. The lowest BCUT2D eigenvalue weighted by Crippen LogP contribution is -2.08. The van der Waals surface area contributed by atoms with Crippen molar-refractivity contribution >= 4 is 17.3 Å². The summed E-state index contributed by atoms with van der Waals surface area (Å²) in [6.45, 7) is 0.504. The summed E-state index contributed by atoms with van der Waals surface area (Å²) in [5.41, 5.74) is 0.830. The van der Waals surface area contributed by atoms with Crippen molar-refractivity contribution in [1.82, 2.24) is 20.0 Å². The zero-order valence-electron chi connectivity index (χ0n) is 8.91. The first-order valence-corrected chi connectivity index (χ1v) is 6.18. The van der Waals surface area contributed by atoms with E-state index in [1.54, 1.807) is 10.9 Å². The van der Waals surface area contributed by atoms with E-state index in [1.165, 1.54) is 11.3 Å². The van der Waals surface area contributed by atoms with E-state index in [9.17, 15) is 4.79 Å². The van der Waals surface area contributed by atoms with Gasteiger partial charge in [-0.3, -0.25) is 0 Å². The number of carboxylic acid groups (broad SMARTS) is 1. The molecule has 2 aromatic rings. The number of carboxylic acids is 1. The second kappa shape index (κ2) is 3.92. The number of hydrogen-bond acceptors (Lipinski definition) is 5. The van der Waals surface area contributed by atoms with Gasteiger partial charge >= 0.3 is 5.97 Å². The van der Waals surface area contributed by atoms with Crippen LogP contribution in [0.2, 0.25) is 0 Å². The standard InChI is InChI=1S/C10H10N4O2S/c15-10(16)8-9(6-1-2-6)14(13-12-8)5-7-11-3-4-17-7/h3-4,6H,1-2,5H2,(H,15,16). The molecule has 1 aliphatic carbocycles. The molecule has 2 heterocycles. The Morgan fingerprint density at radius 2 is 2.41 bits per heavy atom. The SMILES string of the molecule is O=C(O)c1nnn(Cc2nccs2)c1C1CC1. The molecule has 3 rings (SSSR count). The molecule has 1 N–H and O–H groups in total. The normalized spacial score (nSPS) is 15.1. The van der Waals surface area contributed by atoms with Gasteiger partial charge in [0.1, 0.15) is 5.01 Å². The van der Waals surface area contributed by atoms with Gasteiger partial charge in [-0.05, 0) is 12.8 Å². The third kappa shape index (κ3) is 1.93. The topological polar surface area (TPSA) is 80.9 Å². The summed E-state index contributed by atoms with van der Waals surface area (Å²) >= 11 is 1.53. The molecule has 0 atom stereocenters. The van der Waals surface area contributed by atoms with Gasteiger partial charge in [-0.15, -0.1) is 16.4 Å². The lowest BCUT2D eigenvalue weighted by atomic mass is 10.2. The van der Waals surface area contributed by atoms with Gasteiger partial charge in [-0.1, -0.05) is 5.21 Å². The first-order chi connectivity index (χ1) is 8.25. The van der Waals surface area contributed by atoms with Crippen molar-refractivity contribution in [3.63, 3.8) is 0 Å². The molecule has 0 aromatic carbocycles. The maximum atomic E-state index is 11.0. The third-order valence-electron chi connectivity index (χ3n) is 2.71. The molecule has 1 fully saturated rings. The Morgan fingerprint density at radius 3 is 3.00 bits per heavy atom. The van der Waals surface area contributed by atoms with E-state index in [0.717, 1.165) is 23.5 Å². The summed E-state index contributed by atoms with van der Waals surface area (Å²) < 4.78 is 1.67. The molecular weight excluding hydrogens is 240 g/mol. The van der Waals surface area contributed by atoms with Crippen molar-refractivity contribution in [1.29, 1.82) is 0 Å². The molecule has 0 aliphatic heterocycles. The van der Waals surface area contributed by atoms with Gasteiger partial charge in [0.15, 0.2) is 5.69 Å². The summed E-state index contributed by atoms with van der Waals surface area (Å²) in [4.78, 5) is 15.2. The molecule has 1 aliphatic rings. The number of rotatable bonds is 4. The van der Waals surface area contributed by atoms with Crippen LogP contribution in [0.4, 0.5) is 0 Å². The maximum absolute atomic E-state index is 11.0. The largest absolute Gasteiger partial charge is 0.476 e. The Balaban J connectivity index is 1.96. The molecule has 1 saturated carbocycles. The first kappa shape index (κ1) is 10.4. The van der Waals surface area contributed by atoms with Crippen molar-refractivity contribution in [3.05, 3.63) is 28.0 Å². The molecule has 2 aromatic heterocycles. The fourth-order valence-corrected chi connectivity index (χ4v) is 2.41. The van der Waals surface area contributed by atoms with Crippen molar-refractivity contribution in [2.24, 2.45) is 0 Å². The third-order valence-corrected chi connectivity index (χ3v) is 3.47. The van der Waals surface area contributed by atoms with Gasteiger partial charge in [0.25, 0.3) is 0 Å². The first-order valence-electron chi connectivity index (χ1n) is 5.30. The van der Waals surface area contributed by atoms with E-state index in [2.05, 4.69) is 15.3 Å². The van der Waals surface area contributed by atoms with E-state index in [-0.39, 0.29) is 5.69 Å². The van der Waals surface area contributed by atoms with Crippen LogP contribution < -0.4 is 0 Å². The molecule has 7 heteroatoms. The molecule has 0 unspecified atom stereocenters. The lowest BCUT2D eigenvalue weighted by Gasteiger charge is -2.03. The highest BCUT2D eigenvalue weighted by atomic mass is 32.1. The predicted octanol–water partition coefficient (Wildman–Crippen LogP) is 1.36. The summed E-state index contributed by atoms with van der Waals surface area (Å²) in [7, 11) is 0. The van der Waals surface area contributed by atoms with Crippen molar-refractivity contribution in [3.8, 4) is 0 Å². The van der Waals surface area contributed by atoms with Gasteiger partial charge in [0.2, 0.25) is 0 Å². The highest BCUT2D eigenvalue weighted by Gasteiger charge is 2.33. The van der Waals surface area contributed by atoms with Crippen LogP contribution in [0.15, 0.2) is 11.6 Å². The maximum Gasteiger partial charge on any atom is 0.358 e. The zero-order valence-corrected chi connectivity index (χ0v) is 9.72. The molecule has 17 heavy (non-hydrogen) atoms. The number of hydrogen-bond donors (Lipinski definition) is 1. The van der Waals surface area contributed by atoms with Gasteiger partial charge in [-0.2, -0.15) is 0 Å². The van der Waals surface area contributed by atoms with Crippen molar-refractivity contribution in [2.75, 3.05) is 0 Å². The van der Waals surface area contributed by atoms with Crippen LogP contribution in [0.5, 0.6) is 0 Å². The van der Waals surface area contributed by atoms with Crippen molar-refractivity contribution < 1.29 is 9.90 Å². The van der Waals surface area contributed by atoms with E-state index in [4.69, 9.17) is 5.11 Å². The van der Waals surface area contributed by atoms with Gasteiger partial charge in [0.05, 0.1) is 12.2 Å². The summed E-state index contributed by atoms with van der Waals surface area (Å²) in [5.74, 6) is -0.701. The molecule has 0 bridgehead atoms. The summed E-state index contributed by atoms with van der Waals surface area (Å²) in [5, 5.41) is 19.5. The van der Waals surface area contributed by atoms with E-state index < -0.39 is 5.97 Å². The minimum atomic E-state index is -1.00. The number of nitrogens with zero attached hydrogens (tertiary/aromatic N) is 4. The summed E-state index contributed by atoms with van der Waals surface area (Å²) in [6.07, 6.45) is 3.77. The van der Waals surface area contributed by atoms with Crippen LogP contribution in [0.3, 0.4) is 0 Å². The molecule has 6 nitrogen and oxygen atoms in total. The molecule has 0 amide bonds. The predicted molar refractivity (Wildman–Crippen MR) is 60.2 cm³/mol. The van der Waals surface area contributed by atoms with E-state index in [0.29, 0.717) is 12.5 Å². The monoisotopic (exact) mass is 250 g/mol. The molecule has 0 saturated heterocycles. The zero-order chi connectivity index (χ0) is 11.8. The number of aromatic carboxylic acids is 1. The van der Waals surface area contributed by atoms with Gasteiger partial charge < -0.3 is 5.11 Å². The number of carbonyl (C=O) groups is 1. The van der Waals surface area contributed by atoms with Crippen LogP contribution in [-0.2, 0) is 6.54 Å². The van der Waals surface area contributed by atoms with Crippen LogP contribution in [0, 0.1) is 0 Å². The molecule has 0 radical (unpaired) electrons. The fourth-order valence-electron chi connectivity index (χ4n) is 1.81. The van der Waals surface area contributed by atoms with E-state index in [1.807, 2.05) is 5.38 Å². The van der Waals surface area contributed by atoms with Crippen LogP contribution in [-0.4, -0.2) is 31.1 Å². The minimum absolute atomic E-state index is 0.0871. The second-order valence-corrected chi connectivity index (χ2v) is 4.97. The number of thiazole rings is 1. The van der Waals surface area contributed by atoms with E-state index >= 15 is 0 Å². The Bertz CT molecular complexity index is 545. The quantitative estimate of drug-likeness (QED) is 0.886. The Labute approximate surface area is 101 Å². The lowest BCUT2D eigenvalue weighted by molar-refractivity contribution is 0.0689. The number of aromatic nitrogens is 4. The second-order valence-electron chi connectivity index (χ2n) is 3.99.